The van der Waals surface area contributed by atoms with Crippen LogP contribution in [0.3, 0.4) is 0 Å². The van der Waals surface area contributed by atoms with E-state index in [2.05, 4.69) is 9.36 Å². The third-order valence-corrected chi connectivity index (χ3v) is 2.68. The van der Waals surface area contributed by atoms with E-state index in [0.717, 1.165) is 17.4 Å². The van der Waals surface area contributed by atoms with Crippen LogP contribution in [-0.2, 0) is 6.42 Å². The van der Waals surface area contributed by atoms with Crippen LogP contribution in [0.5, 0.6) is 0 Å². The van der Waals surface area contributed by atoms with Crippen LogP contribution in [0.4, 0.5) is 5.13 Å². The minimum absolute atomic E-state index is 0.206. The molecule has 0 aliphatic rings. The van der Waals surface area contributed by atoms with E-state index in [1.165, 1.54) is 11.5 Å². The molecule has 0 radical (unpaired) electrons. The molecular weight excluding hydrogens is 198 g/mol. The van der Waals surface area contributed by atoms with Crippen molar-refractivity contribution in [3.63, 3.8) is 0 Å². The van der Waals surface area contributed by atoms with E-state index in [-0.39, 0.29) is 5.84 Å². The second-order valence-corrected chi connectivity index (χ2v) is 3.77. The van der Waals surface area contributed by atoms with Crippen molar-refractivity contribution in [2.45, 2.75) is 19.8 Å². The molecule has 6 heteroatoms. The van der Waals surface area contributed by atoms with Gasteiger partial charge in [-0.2, -0.15) is 4.37 Å². The molecule has 1 aromatic heterocycles. The molecule has 0 fully saturated rings. The van der Waals surface area contributed by atoms with Gasteiger partial charge < -0.3 is 10.6 Å². The molecule has 0 spiro atoms. The SMILES string of the molecule is CCc1nsc(N(C)CCC(=N)N)n1. The Kier molecular flexibility index (Phi) is 3.82. The summed E-state index contributed by atoms with van der Waals surface area (Å²) in [5.74, 6) is 1.08. The number of hydrogen-bond acceptors (Lipinski definition) is 5. The number of hydrogen-bond donors (Lipinski definition) is 2. The molecule has 0 aromatic carbocycles. The Morgan fingerprint density at radius 2 is 2.36 bits per heavy atom. The van der Waals surface area contributed by atoms with Crippen molar-refractivity contribution in [2.24, 2.45) is 5.73 Å². The zero-order chi connectivity index (χ0) is 10.6. The van der Waals surface area contributed by atoms with Gasteiger partial charge in [0.1, 0.15) is 5.82 Å². The van der Waals surface area contributed by atoms with Crippen LogP contribution in [-0.4, -0.2) is 28.8 Å². The van der Waals surface area contributed by atoms with Gasteiger partial charge in [-0.15, -0.1) is 0 Å². The zero-order valence-corrected chi connectivity index (χ0v) is 9.27. The molecule has 3 N–H and O–H groups in total. The Balaban J connectivity index is 2.51. The van der Waals surface area contributed by atoms with Crippen molar-refractivity contribution in [1.82, 2.24) is 9.36 Å². The summed E-state index contributed by atoms with van der Waals surface area (Å²) < 4.78 is 4.19. The zero-order valence-electron chi connectivity index (χ0n) is 8.45. The molecule has 1 rings (SSSR count). The van der Waals surface area contributed by atoms with Crippen LogP contribution in [0.1, 0.15) is 19.2 Å². The number of nitrogens with two attached hydrogens (primary N) is 1. The van der Waals surface area contributed by atoms with Crippen LogP contribution in [0, 0.1) is 5.41 Å². The standard InChI is InChI=1S/C8H15N5S/c1-3-7-11-8(14-12-7)13(2)5-4-6(9)10/h3-5H2,1-2H3,(H3,9,10). The van der Waals surface area contributed by atoms with Crippen LogP contribution >= 0.6 is 11.5 Å². The lowest BCUT2D eigenvalue weighted by Gasteiger charge is -2.13. The fourth-order valence-electron chi connectivity index (χ4n) is 0.927. The number of anilines is 1. The Morgan fingerprint density at radius 1 is 1.64 bits per heavy atom. The molecule has 0 saturated carbocycles. The number of rotatable bonds is 5. The van der Waals surface area contributed by atoms with Gasteiger partial charge in [0.2, 0.25) is 5.13 Å². The molecule has 0 atom stereocenters. The van der Waals surface area contributed by atoms with Gasteiger partial charge >= 0.3 is 0 Å². The van der Waals surface area contributed by atoms with Crippen molar-refractivity contribution in [3.05, 3.63) is 5.82 Å². The largest absolute Gasteiger partial charge is 0.388 e. The summed E-state index contributed by atoms with van der Waals surface area (Å²) in [6, 6.07) is 0. The fraction of sp³-hybridized carbons (Fsp3) is 0.625. The molecule has 78 valence electrons. The van der Waals surface area contributed by atoms with Gasteiger partial charge in [-0.25, -0.2) is 4.98 Å². The third-order valence-electron chi connectivity index (χ3n) is 1.82. The first-order valence-electron chi connectivity index (χ1n) is 4.50. The quantitative estimate of drug-likeness (QED) is 0.561. The summed E-state index contributed by atoms with van der Waals surface area (Å²) in [6.45, 7) is 2.75. The number of nitrogens with zero attached hydrogens (tertiary/aromatic N) is 3. The van der Waals surface area contributed by atoms with Gasteiger partial charge in [0, 0.05) is 38.0 Å². The van der Waals surface area contributed by atoms with E-state index in [9.17, 15) is 0 Å². The summed E-state index contributed by atoms with van der Waals surface area (Å²) >= 11 is 1.39. The summed E-state index contributed by atoms with van der Waals surface area (Å²) in [4.78, 5) is 6.30. The fourth-order valence-corrected chi connectivity index (χ4v) is 1.66. The summed E-state index contributed by atoms with van der Waals surface area (Å²) in [7, 11) is 1.93. The average Bonchev–Trinajstić information content (AvgIpc) is 2.62. The first-order chi connectivity index (χ1) is 6.63. The number of aromatic nitrogens is 2. The molecule has 0 aliphatic heterocycles. The minimum Gasteiger partial charge on any atom is -0.388 e. The van der Waals surface area contributed by atoms with Crippen LogP contribution in [0.2, 0.25) is 0 Å². The normalized spacial score (nSPS) is 10.1. The highest BCUT2D eigenvalue weighted by atomic mass is 32.1. The lowest BCUT2D eigenvalue weighted by molar-refractivity contribution is 0.891. The maximum absolute atomic E-state index is 7.11. The molecule has 0 unspecified atom stereocenters. The van der Waals surface area contributed by atoms with Crippen LogP contribution in [0.25, 0.3) is 0 Å². The van der Waals surface area contributed by atoms with Gasteiger partial charge in [0.05, 0.1) is 5.84 Å². The van der Waals surface area contributed by atoms with Crippen molar-refractivity contribution in [3.8, 4) is 0 Å². The van der Waals surface area contributed by atoms with Crippen molar-refractivity contribution in [1.29, 1.82) is 5.41 Å². The molecule has 14 heavy (non-hydrogen) atoms. The Labute approximate surface area is 87.6 Å². The van der Waals surface area contributed by atoms with Gasteiger partial charge in [-0.3, -0.25) is 5.41 Å². The van der Waals surface area contributed by atoms with E-state index < -0.39 is 0 Å². The predicted molar refractivity (Wildman–Crippen MR) is 59.1 cm³/mol. The first-order valence-corrected chi connectivity index (χ1v) is 5.27. The van der Waals surface area contributed by atoms with Gasteiger partial charge in [0.15, 0.2) is 0 Å². The lowest BCUT2D eigenvalue weighted by Crippen LogP contribution is -2.23. The number of nitrogens with one attached hydrogen (secondary N) is 1. The van der Waals surface area contributed by atoms with Crippen molar-refractivity contribution < 1.29 is 0 Å². The number of aryl methyl sites for hydroxylation is 1. The second kappa shape index (κ2) is 4.90. The van der Waals surface area contributed by atoms with Crippen LogP contribution < -0.4 is 10.6 Å². The minimum atomic E-state index is 0.206. The number of amidine groups is 1. The van der Waals surface area contributed by atoms with Crippen LogP contribution in [0.15, 0.2) is 0 Å². The van der Waals surface area contributed by atoms with E-state index in [1.807, 2.05) is 18.9 Å². The molecule has 0 bridgehead atoms. The van der Waals surface area contributed by atoms with Gasteiger partial charge in [0.25, 0.3) is 0 Å². The first kappa shape index (κ1) is 10.9. The molecule has 0 saturated heterocycles. The van der Waals surface area contributed by atoms with Crippen molar-refractivity contribution in [2.75, 3.05) is 18.5 Å². The topological polar surface area (TPSA) is 78.9 Å². The highest BCUT2D eigenvalue weighted by Crippen LogP contribution is 2.15. The van der Waals surface area contributed by atoms with E-state index in [0.29, 0.717) is 13.0 Å². The predicted octanol–water partition coefficient (Wildman–Crippen LogP) is 0.863. The van der Waals surface area contributed by atoms with Crippen molar-refractivity contribution >= 4 is 22.5 Å². The maximum Gasteiger partial charge on any atom is 0.204 e. The molecule has 1 aromatic rings. The average molecular weight is 213 g/mol. The Morgan fingerprint density at radius 3 is 2.86 bits per heavy atom. The van der Waals surface area contributed by atoms with E-state index >= 15 is 0 Å². The second-order valence-electron chi connectivity index (χ2n) is 3.04. The van der Waals surface area contributed by atoms with Gasteiger partial charge in [-0.1, -0.05) is 6.92 Å². The summed E-state index contributed by atoms with van der Waals surface area (Å²) in [6.07, 6.45) is 1.43. The lowest BCUT2D eigenvalue weighted by atomic mass is 10.4. The Bertz CT molecular complexity index is 308. The van der Waals surface area contributed by atoms with Gasteiger partial charge in [-0.05, 0) is 0 Å². The molecule has 0 aliphatic carbocycles. The highest BCUT2D eigenvalue weighted by molar-refractivity contribution is 7.09. The maximum atomic E-state index is 7.11. The smallest absolute Gasteiger partial charge is 0.204 e. The Hall–Kier alpha value is -1.17. The summed E-state index contributed by atoms with van der Waals surface area (Å²) in [5, 5.41) is 8.00. The van der Waals surface area contributed by atoms with E-state index in [4.69, 9.17) is 11.1 Å². The monoisotopic (exact) mass is 213 g/mol. The third kappa shape index (κ3) is 2.95. The molecule has 1 heterocycles. The molecule has 5 nitrogen and oxygen atoms in total. The highest BCUT2D eigenvalue weighted by Gasteiger charge is 2.07. The molecular formula is C8H15N5S. The molecule has 0 amide bonds. The summed E-state index contributed by atoms with van der Waals surface area (Å²) in [5.41, 5.74) is 5.27. The van der Waals surface area contributed by atoms with E-state index in [1.54, 1.807) is 0 Å².